The van der Waals surface area contributed by atoms with Crippen molar-refractivity contribution in [3.05, 3.63) is 70.6 Å². The zero-order valence-corrected chi connectivity index (χ0v) is 15.3. The van der Waals surface area contributed by atoms with Crippen molar-refractivity contribution in [2.24, 2.45) is 0 Å². The van der Waals surface area contributed by atoms with Crippen molar-refractivity contribution < 1.29 is 0 Å². The van der Waals surface area contributed by atoms with E-state index in [-0.39, 0.29) is 0 Å². The summed E-state index contributed by atoms with van der Waals surface area (Å²) in [5.74, 6) is 0.895. The highest BCUT2D eigenvalue weighted by Gasteiger charge is 2.08. The number of imidazole rings is 2. The molecule has 2 N–H and O–H groups in total. The molecule has 0 aliphatic heterocycles. The third-order valence-corrected chi connectivity index (χ3v) is 4.83. The van der Waals surface area contributed by atoms with Crippen molar-refractivity contribution in [1.82, 2.24) is 19.9 Å². The SMILES string of the molecule is Ic1nc2ccc(-c3ccc4nc(-c5ccccc5)[nH]c4c3)cc2[nH]1. The van der Waals surface area contributed by atoms with Gasteiger partial charge in [-0.15, -0.1) is 0 Å². The monoisotopic (exact) mass is 436 g/mol. The van der Waals surface area contributed by atoms with Gasteiger partial charge in [0.2, 0.25) is 0 Å². The van der Waals surface area contributed by atoms with E-state index in [4.69, 9.17) is 4.98 Å². The first-order valence-electron chi connectivity index (χ1n) is 7.97. The van der Waals surface area contributed by atoms with Gasteiger partial charge in [0.15, 0.2) is 3.83 Å². The third-order valence-electron chi connectivity index (χ3n) is 4.32. The fraction of sp³-hybridized carbons (Fsp3) is 0. The molecular weight excluding hydrogens is 423 g/mol. The van der Waals surface area contributed by atoms with Gasteiger partial charge < -0.3 is 9.97 Å². The van der Waals surface area contributed by atoms with E-state index < -0.39 is 0 Å². The number of nitrogens with one attached hydrogen (secondary N) is 2. The third kappa shape index (κ3) is 2.60. The van der Waals surface area contributed by atoms with Crippen molar-refractivity contribution in [3.8, 4) is 22.5 Å². The molecule has 2 heterocycles. The number of hydrogen-bond acceptors (Lipinski definition) is 2. The van der Waals surface area contributed by atoms with Crippen LogP contribution in [0.5, 0.6) is 0 Å². The second-order valence-corrected chi connectivity index (χ2v) is 6.96. The number of nitrogens with zero attached hydrogens (tertiary/aromatic N) is 2. The molecule has 0 fully saturated rings. The smallest absolute Gasteiger partial charge is 0.169 e. The minimum Gasteiger partial charge on any atom is -0.338 e. The zero-order valence-electron chi connectivity index (χ0n) is 13.1. The molecule has 0 aliphatic carbocycles. The average Bonchev–Trinajstić information content (AvgIpc) is 3.23. The summed E-state index contributed by atoms with van der Waals surface area (Å²) in [6, 6.07) is 22.8. The van der Waals surface area contributed by atoms with E-state index in [2.05, 4.69) is 86.1 Å². The first-order valence-corrected chi connectivity index (χ1v) is 9.05. The molecule has 2 aromatic heterocycles. The van der Waals surface area contributed by atoms with Gasteiger partial charge in [0, 0.05) is 5.56 Å². The number of rotatable bonds is 2. The Morgan fingerprint density at radius 3 is 2.00 bits per heavy atom. The van der Waals surface area contributed by atoms with Gasteiger partial charge >= 0.3 is 0 Å². The van der Waals surface area contributed by atoms with Gasteiger partial charge in [-0.1, -0.05) is 42.5 Å². The van der Waals surface area contributed by atoms with Crippen LogP contribution in [0.2, 0.25) is 0 Å². The van der Waals surface area contributed by atoms with Crippen LogP contribution < -0.4 is 0 Å². The highest BCUT2D eigenvalue weighted by atomic mass is 127. The molecule has 25 heavy (non-hydrogen) atoms. The predicted octanol–water partition coefficient (Wildman–Crippen LogP) is 5.38. The maximum absolute atomic E-state index is 4.70. The summed E-state index contributed by atoms with van der Waals surface area (Å²) in [6.45, 7) is 0. The molecule has 0 radical (unpaired) electrons. The quantitative estimate of drug-likeness (QED) is 0.365. The first kappa shape index (κ1) is 14.7. The average molecular weight is 436 g/mol. The maximum atomic E-state index is 4.70. The molecule has 4 nitrogen and oxygen atoms in total. The van der Waals surface area contributed by atoms with Crippen LogP contribution in [0.3, 0.4) is 0 Å². The van der Waals surface area contributed by atoms with E-state index in [9.17, 15) is 0 Å². The Hall–Kier alpha value is -2.67. The lowest BCUT2D eigenvalue weighted by molar-refractivity contribution is 1.26. The molecule has 0 amide bonds. The molecular formula is C20H13IN4. The van der Waals surface area contributed by atoms with Crippen LogP contribution in [0.1, 0.15) is 0 Å². The minimum absolute atomic E-state index is 0.895. The number of fused-ring (bicyclic) bond motifs is 2. The Bertz CT molecular complexity index is 1200. The van der Waals surface area contributed by atoms with E-state index >= 15 is 0 Å². The van der Waals surface area contributed by atoms with Crippen LogP contribution >= 0.6 is 22.6 Å². The number of aromatic amines is 2. The van der Waals surface area contributed by atoms with Gasteiger partial charge in [0.05, 0.1) is 22.1 Å². The summed E-state index contributed by atoms with van der Waals surface area (Å²) in [4.78, 5) is 15.9. The molecule has 3 aromatic carbocycles. The summed E-state index contributed by atoms with van der Waals surface area (Å²) >= 11 is 2.20. The van der Waals surface area contributed by atoms with Crippen molar-refractivity contribution in [2.45, 2.75) is 0 Å². The van der Waals surface area contributed by atoms with Crippen molar-refractivity contribution in [2.75, 3.05) is 0 Å². The van der Waals surface area contributed by atoms with Crippen LogP contribution in [-0.2, 0) is 0 Å². The molecule has 0 aliphatic rings. The minimum atomic E-state index is 0.895. The number of aromatic nitrogens is 4. The summed E-state index contributed by atoms with van der Waals surface area (Å²) in [5, 5.41) is 0. The lowest BCUT2D eigenvalue weighted by Crippen LogP contribution is -1.79. The number of halogens is 1. The largest absolute Gasteiger partial charge is 0.338 e. The molecule has 0 saturated carbocycles. The van der Waals surface area contributed by atoms with E-state index in [1.54, 1.807) is 0 Å². The van der Waals surface area contributed by atoms with Gasteiger partial charge in [0.1, 0.15) is 5.82 Å². The van der Waals surface area contributed by atoms with Gasteiger partial charge in [-0.2, -0.15) is 0 Å². The maximum Gasteiger partial charge on any atom is 0.169 e. The number of H-pyrrole nitrogens is 2. The van der Waals surface area contributed by atoms with E-state index in [1.165, 1.54) is 0 Å². The molecule has 0 atom stereocenters. The summed E-state index contributed by atoms with van der Waals surface area (Å²) in [7, 11) is 0. The molecule has 120 valence electrons. The Balaban J connectivity index is 1.61. The first-order chi connectivity index (χ1) is 12.3. The highest BCUT2D eigenvalue weighted by Crippen LogP contribution is 2.28. The predicted molar refractivity (Wildman–Crippen MR) is 109 cm³/mol. The fourth-order valence-electron chi connectivity index (χ4n) is 3.08. The van der Waals surface area contributed by atoms with E-state index in [0.29, 0.717) is 0 Å². The Kier molecular flexibility index (Phi) is 3.34. The normalized spacial score (nSPS) is 11.4. The van der Waals surface area contributed by atoms with Gasteiger partial charge in [0.25, 0.3) is 0 Å². The summed E-state index contributed by atoms with van der Waals surface area (Å²) < 4.78 is 0.904. The van der Waals surface area contributed by atoms with Crippen LogP contribution in [0.4, 0.5) is 0 Å². The van der Waals surface area contributed by atoms with Gasteiger partial charge in [-0.25, -0.2) is 9.97 Å². The van der Waals surface area contributed by atoms with E-state index in [1.807, 2.05) is 18.2 Å². The lowest BCUT2D eigenvalue weighted by atomic mass is 10.0. The Morgan fingerprint density at radius 2 is 1.28 bits per heavy atom. The number of benzene rings is 3. The molecule has 5 rings (SSSR count). The standard InChI is InChI=1S/C20H13IN4/c21-20-24-16-9-7-14(11-18(16)25-20)13-6-8-15-17(10-13)23-19(22-15)12-4-2-1-3-5-12/h1-11H,(H,22,23)(H,24,25). The summed E-state index contributed by atoms with van der Waals surface area (Å²) in [6.07, 6.45) is 0. The van der Waals surface area contributed by atoms with Crippen LogP contribution in [0, 0.1) is 3.83 Å². The zero-order chi connectivity index (χ0) is 16.8. The highest BCUT2D eigenvalue weighted by molar-refractivity contribution is 14.1. The number of hydrogen-bond donors (Lipinski definition) is 2. The molecule has 0 spiro atoms. The van der Waals surface area contributed by atoms with Crippen molar-refractivity contribution in [1.29, 1.82) is 0 Å². The lowest BCUT2D eigenvalue weighted by Gasteiger charge is -2.01. The van der Waals surface area contributed by atoms with Crippen molar-refractivity contribution in [3.63, 3.8) is 0 Å². The van der Waals surface area contributed by atoms with Gasteiger partial charge in [-0.05, 0) is 58.0 Å². The van der Waals surface area contributed by atoms with Crippen LogP contribution in [-0.4, -0.2) is 19.9 Å². The van der Waals surface area contributed by atoms with Crippen LogP contribution in [0.15, 0.2) is 66.7 Å². The summed E-state index contributed by atoms with van der Waals surface area (Å²) in [5.41, 5.74) is 7.45. The van der Waals surface area contributed by atoms with E-state index in [0.717, 1.165) is 48.4 Å². The van der Waals surface area contributed by atoms with Gasteiger partial charge in [-0.3, -0.25) is 0 Å². The Morgan fingerprint density at radius 1 is 0.640 bits per heavy atom. The fourth-order valence-corrected chi connectivity index (χ4v) is 3.63. The second kappa shape index (κ2) is 5.70. The second-order valence-electron chi connectivity index (χ2n) is 5.94. The topological polar surface area (TPSA) is 57.4 Å². The molecule has 0 unspecified atom stereocenters. The van der Waals surface area contributed by atoms with Crippen LogP contribution in [0.25, 0.3) is 44.6 Å². The molecule has 0 bridgehead atoms. The molecule has 5 heteroatoms. The van der Waals surface area contributed by atoms with Crippen molar-refractivity contribution >= 4 is 44.7 Å². The molecule has 0 saturated heterocycles. The molecule has 5 aromatic rings. The Labute approximate surface area is 157 Å².